The summed E-state index contributed by atoms with van der Waals surface area (Å²) in [7, 11) is 0. The molecule has 0 bridgehead atoms. The number of dihydropyridines is 1. The van der Waals surface area contributed by atoms with E-state index >= 15 is 0 Å². The third-order valence-corrected chi connectivity index (χ3v) is 4.64. The Morgan fingerprint density at radius 1 is 1.04 bits per heavy atom. The fourth-order valence-electron chi connectivity index (χ4n) is 2.52. The largest absolute Gasteiger partial charge is 0.431 e. The van der Waals surface area contributed by atoms with E-state index in [0.29, 0.717) is 23.5 Å². The summed E-state index contributed by atoms with van der Waals surface area (Å²) in [4.78, 5) is 24.3. The van der Waals surface area contributed by atoms with Crippen molar-refractivity contribution in [2.75, 3.05) is 12.5 Å². The molecule has 0 saturated heterocycles. The molecule has 0 aliphatic carbocycles. The first-order valence-corrected chi connectivity index (χ1v) is 9.75. The van der Waals surface area contributed by atoms with Crippen molar-refractivity contribution in [3.8, 4) is 0 Å². The van der Waals surface area contributed by atoms with Crippen LogP contribution in [0.4, 0.5) is 26.3 Å². The summed E-state index contributed by atoms with van der Waals surface area (Å²) in [6.45, 7) is 3.15. The molecule has 1 N–H and O–H groups in total. The summed E-state index contributed by atoms with van der Waals surface area (Å²) in [5.74, 6) is -0.374. The van der Waals surface area contributed by atoms with Crippen LogP contribution in [0.3, 0.4) is 0 Å². The van der Waals surface area contributed by atoms with Crippen LogP contribution in [0.15, 0.2) is 22.4 Å². The van der Waals surface area contributed by atoms with Crippen molar-refractivity contribution < 1.29 is 35.9 Å². The van der Waals surface area contributed by atoms with Crippen molar-refractivity contribution >= 4 is 33.8 Å². The maximum absolute atomic E-state index is 13.4. The summed E-state index contributed by atoms with van der Waals surface area (Å²) < 4.78 is 80.5. The lowest BCUT2D eigenvalue weighted by Crippen LogP contribution is -2.51. The first kappa shape index (κ1) is 22.9. The highest BCUT2D eigenvalue weighted by atomic mass is 32.2. The number of nitrogens with one attached hydrogen (secondary N) is 1. The molecular formula is C15H17F6NO2S2. The fraction of sp³-hybridized carbons (Fsp3) is 0.600. The normalized spacial score (nSPS) is 19.1. The van der Waals surface area contributed by atoms with E-state index in [1.54, 1.807) is 13.8 Å². The number of rotatable bonds is 4. The van der Waals surface area contributed by atoms with Gasteiger partial charge in [-0.2, -0.15) is 26.3 Å². The van der Waals surface area contributed by atoms with Crippen molar-refractivity contribution in [3.63, 3.8) is 0 Å². The molecule has 1 unspecified atom stereocenters. The standard InChI is InChI=1S/C15H17F6NO2S2/c1-6(2)5-7-8(12(23)25-3)10(14(16,17)18)22-11(15(19,20)21)9(7)13(24)26-4/h6,10,22H,5H2,1-4H3. The van der Waals surface area contributed by atoms with Gasteiger partial charge >= 0.3 is 12.4 Å². The Kier molecular flexibility index (Phi) is 7.31. The predicted molar refractivity (Wildman–Crippen MR) is 89.6 cm³/mol. The molecule has 1 atom stereocenters. The first-order chi connectivity index (χ1) is 11.8. The van der Waals surface area contributed by atoms with Crippen molar-refractivity contribution in [1.82, 2.24) is 5.32 Å². The van der Waals surface area contributed by atoms with Crippen LogP contribution >= 0.6 is 23.5 Å². The Bertz CT molecular complexity index is 650. The minimum Gasteiger partial charge on any atom is -0.366 e. The zero-order valence-corrected chi connectivity index (χ0v) is 15.9. The predicted octanol–water partition coefficient (Wildman–Crippen LogP) is 4.46. The van der Waals surface area contributed by atoms with Crippen molar-refractivity contribution in [2.24, 2.45) is 5.92 Å². The van der Waals surface area contributed by atoms with Crippen LogP contribution in [0.2, 0.25) is 0 Å². The molecule has 1 aliphatic heterocycles. The highest BCUT2D eigenvalue weighted by Gasteiger charge is 2.53. The van der Waals surface area contributed by atoms with Crippen molar-refractivity contribution in [3.05, 3.63) is 22.4 Å². The third-order valence-electron chi connectivity index (χ3n) is 3.47. The molecule has 1 aliphatic rings. The highest BCUT2D eigenvalue weighted by Crippen LogP contribution is 2.43. The quantitative estimate of drug-likeness (QED) is 0.680. The molecule has 3 nitrogen and oxygen atoms in total. The lowest BCUT2D eigenvalue weighted by molar-refractivity contribution is -0.155. The maximum atomic E-state index is 13.4. The van der Waals surface area contributed by atoms with E-state index in [4.69, 9.17) is 0 Å². The van der Waals surface area contributed by atoms with Gasteiger partial charge in [-0.3, -0.25) is 9.59 Å². The number of hydrogen-bond donors (Lipinski definition) is 1. The SMILES string of the molecule is CSC(=O)C1=C(C(F)(F)F)NC(C(F)(F)F)C(C(=O)SC)=C1CC(C)C. The number of carbonyl (C=O) groups excluding carboxylic acids is 2. The third kappa shape index (κ3) is 4.99. The molecule has 11 heteroatoms. The second-order valence-corrected chi connectivity index (χ2v) is 7.40. The zero-order valence-electron chi connectivity index (χ0n) is 14.3. The smallest absolute Gasteiger partial charge is 0.366 e. The van der Waals surface area contributed by atoms with Crippen LogP contribution in [0.5, 0.6) is 0 Å². The number of hydrogen-bond acceptors (Lipinski definition) is 5. The lowest BCUT2D eigenvalue weighted by Gasteiger charge is -2.34. The van der Waals surface area contributed by atoms with Gasteiger partial charge in [0.05, 0.1) is 5.57 Å². The molecule has 0 amide bonds. The zero-order chi connectivity index (χ0) is 20.4. The number of thioether (sulfide) groups is 2. The van der Waals surface area contributed by atoms with E-state index in [1.807, 2.05) is 0 Å². The second kappa shape index (κ2) is 8.28. The fourth-order valence-corrected chi connectivity index (χ4v) is 3.41. The van der Waals surface area contributed by atoms with Crippen molar-refractivity contribution in [2.45, 2.75) is 38.7 Å². The monoisotopic (exact) mass is 421 g/mol. The van der Waals surface area contributed by atoms with Crippen molar-refractivity contribution in [1.29, 1.82) is 0 Å². The average Bonchev–Trinajstić information content (AvgIpc) is 2.49. The highest BCUT2D eigenvalue weighted by molar-refractivity contribution is 8.13. The van der Waals surface area contributed by atoms with E-state index in [-0.39, 0.29) is 12.3 Å². The van der Waals surface area contributed by atoms with Gasteiger partial charge in [-0.05, 0) is 30.4 Å². The number of alkyl halides is 6. The van der Waals surface area contributed by atoms with Gasteiger partial charge in [0.2, 0.25) is 10.2 Å². The van der Waals surface area contributed by atoms with E-state index in [0.717, 1.165) is 0 Å². The Morgan fingerprint density at radius 2 is 1.54 bits per heavy atom. The van der Waals surface area contributed by atoms with Crippen LogP contribution in [0, 0.1) is 5.92 Å². The summed E-state index contributed by atoms with van der Waals surface area (Å²) in [5, 5.41) is -0.703. The molecule has 0 radical (unpaired) electrons. The molecule has 0 aromatic carbocycles. The van der Waals surface area contributed by atoms with E-state index < -0.39 is 51.0 Å². The molecule has 0 saturated carbocycles. The second-order valence-electron chi connectivity index (χ2n) is 5.84. The van der Waals surface area contributed by atoms with E-state index in [1.165, 1.54) is 17.8 Å². The lowest BCUT2D eigenvalue weighted by atomic mass is 9.85. The Balaban J connectivity index is 3.92. The molecule has 1 rings (SSSR count). The molecule has 0 aromatic heterocycles. The topological polar surface area (TPSA) is 46.2 Å². The van der Waals surface area contributed by atoms with E-state index in [2.05, 4.69) is 0 Å². The first-order valence-electron chi connectivity index (χ1n) is 7.30. The number of carbonyl (C=O) groups is 2. The number of halogens is 6. The van der Waals surface area contributed by atoms with Gasteiger partial charge in [-0.25, -0.2) is 0 Å². The van der Waals surface area contributed by atoms with Gasteiger partial charge in [-0.15, -0.1) is 0 Å². The Labute approximate surface area is 155 Å². The van der Waals surface area contributed by atoms with Crippen LogP contribution in [0.25, 0.3) is 0 Å². The van der Waals surface area contributed by atoms with Crippen LogP contribution in [0.1, 0.15) is 20.3 Å². The van der Waals surface area contributed by atoms with Gasteiger partial charge < -0.3 is 5.32 Å². The molecule has 1 heterocycles. The molecule has 148 valence electrons. The van der Waals surface area contributed by atoms with Gasteiger partial charge in [0.15, 0.2) is 6.04 Å². The number of allylic oxidation sites excluding steroid dienone is 2. The summed E-state index contributed by atoms with van der Waals surface area (Å²) in [6.07, 6.45) is -8.16. The van der Waals surface area contributed by atoms with Crippen LogP contribution < -0.4 is 5.32 Å². The van der Waals surface area contributed by atoms with Gasteiger partial charge in [0.1, 0.15) is 5.70 Å². The minimum absolute atomic E-state index is 0.267. The van der Waals surface area contributed by atoms with Gasteiger partial charge in [-0.1, -0.05) is 37.4 Å². The van der Waals surface area contributed by atoms with Crippen LogP contribution in [-0.2, 0) is 9.59 Å². The molecule has 0 fully saturated rings. The van der Waals surface area contributed by atoms with E-state index in [9.17, 15) is 35.9 Å². The van der Waals surface area contributed by atoms with Crippen LogP contribution in [-0.4, -0.2) is 41.1 Å². The Morgan fingerprint density at radius 3 is 1.88 bits per heavy atom. The van der Waals surface area contributed by atoms with Gasteiger partial charge in [0.25, 0.3) is 0 Å². The van der Waals surface area contributed by atoms with Gasteiger partial charge in [0, 0.05) is 5.57 Å². The maximum Gasteiger partial charge on any atom is 0.431 e. The minimum atomic E-state index is -5.21. The Hall–Kier alpha value is -1.10. The average molecular weight is 421 g/mol. The summed E-state index contributed by atoms with van der Waals surface area (Å²) >= 11 is 0.895. The molecular weight excluding hydrogens is 404 g/mol. The molecule has 0 spiro atoms. The summed E-state index contributed by atoms with van der Waals surface area (Å²) in [6, 6.07) is -2.83. The molecule has 26 heavy (non-hydrogen) atoms. The molecule has 0 aromatic rings. The summed E-state index contributed by atoms with van der Waals surface area (Å²) in [5.41, 5.74) is -4.00.